The van der Waals surface area contributed by atoms with Gasteiger partial charge in [-0.15, -0.1) is 11.8 Å². The molecule has 0 bridgehead atoms. The summed E-state index contributed by atoms with van der Waals surface area (Å²) in [5, 5.41) is 3.96. The molecule has 1 N–H and O–H groups in total. The number of halogens is 3. The molecule has 0 radical (unpaired) electrons. The van der Waals surface area contributed by atoms with E-state index in [4.69, 9.17) is 0 Å². The predicted octanol–water partition coefficient (Wildman–Crippen LogP) is 5.26. The second-order valence-electron chi connectivity index (χ2n) is 4.45. The molecular formula is C16H15F3N2S. The van der Waals surface area contributed by atoms with Crippen LogP contribution in [0, 0.1) is 0 Å². The molecule has 0 fully saturated rings. The van der Waals surface area contributed by atoms with Gasteiger partial charge in [-0.1, -0.05) is 25.1 Å². The van der Waals surface area contributed by atoms with Crippen molar-refractivity contribution in [1.82, 2.24) is 0 Å². The Morgan fingerprint density at radius 3 is 2.50 bits per heavy atom. The van der Waals surface area contributed by atoms with Gasteiger partial charge in [-0.2, -0.15) is 18.3 Å². The van der Waals surface area contributed by atoms with Gasteiger partial charge in [0.25, 0.3) is 0 Å². The summed E-state index contributed by atoms with van der Waals surface area (Å²) >= 11 is 1.74. The van der Waals surface area contributed by atoms with Crippen molar-refractivity contribution in [1.29, 1.82) is 0 Å². The van der Waals surface area contributed by atoms with Crippen LogP contribution < -0.4 is 5.43 Å². The van der Waals surface area contributed by atoms with Gasteiger partial charge in [-0.25, -0.2) is 0 Å². The van der Waals surface area contributed by atoms with Crippen molar-refractivity contribution in [3.8, 4) is 0 Å². The first kappa shape index (κ1) is 16.4. The van der Waals surface area contributed by atoms with Crippen LogP contribution >= 0.6 is 11.8 Å². The summed E-state index contributed by atoms with van der Waals surface area (Å²) in [6.45, 7) is 2.08. The number of nitrogens with one attached hydrogen (secondary N) is 1. The Morgan fingerprint density at radius 2 is 1.86 bits per heavy atom. The molecule has 116 valence electrons. The largest absolute Gasteiger partial charge is 0.416 e. The fraction of sp³-hybridized carbons (Fsp3) is 0.188. The van der Waals surface area contributed by atoms with Crippen molar-refractivity contribution in [2.24, 2.45) is 5.10 Å². The molecule has 0 atom stereocenters. The number of thioether (sulfide) groups is 1. The number of benzene rings is 2. The van der Waals surface area contributed by atoms with E-state index in [-0.39, 0.29) is 0 Å². The van der Waals surface area contributed by atoms with Gasteiger partial charge in [-0.05, 0) is 41.6 Å². The predicted molar refractivity (Wildman–Crippen MR) is 85.5 cm³/mol. The Hall–Kier alpha value is -1.95. The zero-order valence-electron chi connectivity index (χ0n) is 11.9. The van der Waals surface area contributed by atoms with Gasteiger partial charge in [0.2, 0.25) is 0 Å². The van der Waals surface area contributed by atoms with E-state index in [0.717, 1.165) is 23.4 Å². The fourth-order valence-corrected chi connectivity index (χ4v) is 2.43. The summed E-state index contributed by atoms with van der Waals surface area (Å²) in [7, 11) is 0. The zero-order chi connectivity index (χ0) is 16.0. The monoisotopic (exact) mass is 324 g/mol. The molecule has 2 nitrogen and oxygen atoms in total. The topological polar surface area (TPSA) is 24.4 Å². The van der Waals surface area contributed by atoms with E-state index in [1.807, 2.05) is 24.3 Å². The summed E-state index contributed by atoms with van der Waals surface area (Å²) in [4.78, 5) is 1.17. The lowest BCUT2D eigenvalue weighted by Gasteiger charge is -2.08. The lowest BCUT2D eigenvalue weighted by Crippen LogP contribution is -2.05. The lowest BCUT2D eigenvalue weighted by atomic mass is 10.2. The third kappa shape index (κ3) is 4.80. The van der Waals surface area contributed by atoms with Crippen LogP contribution in [0.5, 0.6) is 0 Å². The Kier molecular flexibility index (Phi) is 5.49. The summed E-state index contributed by atoms with van der Waals surface area (Å²) in [5.74, 6) is 1.00. The summed E-state index contributed by atoms with van der Waals surface area (Å²) in [6.07, 6.45) is -2.78. The van der Waals surface area contributed by atoms with E-state index in [0.29, 0.717) is 5.69 Å². The normalized spacial score (nSPS) is 11.8. The molecule has 0 aliphatic carbocycles. The minimum atomic E-state index is -4.35. The minimum Gasteiger partial charge on any atom is -0.278 e. The van der Waals surface area contributed by atoms with Gasteiger partial charge in [0.05, 0.1) is 17.5 Å². The van der Waals surface area contributed by atoms with Crippen molar-refractivity contribution >= 4 is 23.7 Å². The molecule has 0 spiro atoms. The van der Waals surface area contributed by atoms with E-state index >= 15 is 0 Å². The first-order valence-electron chi connectivity index (χ1n) is 6.68. The second kappa shape index (κ2) is 7.35. The number of hydrogen-bond donors (Lipinski definition) is 1. The van der Waals surface area contributed by atoms with Crippen LogP contribution in [0.1, 0.15) is 18.1 Å². The summed E-state index contributed by atoms with van der Waals surface area (Å²) in [5.41, 5.74) is 3.08. The second-order valence-corrected chi connectivity index (χ2v) is 5.79. The van der Waals surface area contributed by atoms with E-state index in [9.17, 15) is 13.2 Å². The Bertz CT molecular complexity index is 637. The first-order chi connectivity index (χ1) is 10.5. The van der Waals surface area contributed by atoms with Crippen LogP contribution in [0.2, 0.25) is 0 Å². The van der Waals surface area contributed by atoms with Crippen molar-refractivity contribution in [2.75, 3.05) is 11.2 Å². The van der Waals surface area contributed by atoms with Crippen LogP contribution in [0.4, 0.5) is 18.9 Å². The Balaban J connectivity index is 2.00. The molecule has 2 aromatic carbocycles. The molecule has 6 heteroatoms. The van der Waals surface area contributed by atoms with Crippen LogP contribution in [0.25, 0.3) is 0 Å². The summed E-state index contributed by atoms with van der Waals surface area (Å²) in [6, 6.07) is 12.7. The van der Waals surface area contributed by atoms with Gasteiger partial charge in [0, 0.05) is 4.90 Å². The van der Waals surface area contributed by atoms with E-state index in [1.165, 1.54) is 17.0 Å². The van der Waals surface area contributed by atoms with Gasteiger partial charge in [0.1, 0.15) is 0 Å². The smallest absolute Gasteiger partial charge is 0.278 e. The zero-order valence-corrected chi connectivity index (χ0v) is 12.7. The molecule has 0 aromatic heterocycles. The average molecular weight is 324 g/mol. The minimum absolute atomic E-state index is 0.296. The highest BCUT2D eigenvalue weighted by atomic mass is 32.2. The third-order valence-electron chi connectivity index (χ3n) is 2.79. The number of nitrogens with zero attached hydrogens (tertiary/aromatic N) is 1. The Labute approximate surface area is 131 Å². The van der Waals surface area contributed by atoms with E-state index < -0.39 is 11.7 Å². The highest BCUT2D eigenvalue weighted by Gasteiger charge is 2.30. The Morgan fingerprint density at radius 1 is 1.14 bits per heavy atom. The standard InChI is InChI=1S/C16H15F3N2S/c1-2-22-15-8-6-12(7-9-15)11-20-21-14-5-3-4-13(10-14)16(17,18)19/h3-11,21H,2H2,1H3. The van der Waals surface area contributed by atoms with Crippen LogP contribution in [0.3, 0.4) is 0 Å². The summed E-state index contributed by atoms with van der Waals surface area (Å²) < 4.78 is 37.8. The molecule has 0 heterocycles. The van der Waals surface area contributed by atoms with Gasteiger partial charge >= 0.3 is 6.18 Å². The molecule has 22 heavy (non-hydrogen) atoms. The van der Waals surface area contributed by atoms with Gasteiger partial charge in [0.15, 0.2) is 0 Å². The molecule has 2 rings (SSSR count). The first-order valence-corrected chi connectivity index (χ1v) is 7.67. The molecule has 0 amide bonds. The van der Waals surface area contributed by atoms with Crippen molar-refractivity contribution in [2.45, 2.75) is 18.0 Å². The van der Waals surface area contributed by atoms with Crippen LogP contribution in [0.15, 0.2) is 58.5 Å². The third-order valence-corrected chi connectivity index (χ3v) is 3.68. The maximum absolute atomic E-state index is 12.6. The van der Waals surface area contributed by atoms with E-state index in [1.54, 1.807) is 18.0 Å². The number of hydrogen-bond acceptors (Lipinski definition) is 3. The molecular weight excluding hydrogens is 309 g/mol. The van der Waals surface area contributed by atoms with Gasteiger partial charge < -0.3 is 0 Å². The maximum Gasteiger partial charge on any atom is 0.416 e. The molecule has 0 saturated heterocycles. The van der Waals surface area contributed by atoms with Crippen LogP contribution in [-0.2, 0) is 6.18 Å². The highest BCUT2D eigenvalue weighted by molar-refractivity contribution is 7.99. The van der Waals surface area contributed by atoms with Crippen LogP contribution in [-0.4, -0.2) is 12.0 Å². The van der Waals surface area contributed by atoms with E-state index in [2.05, 4.69) is 17.5 Å². The van der Waals surface area contributed by atoms with Crippen molar-refractivity contribution in [3.05, 3.63) is 59.7 Å². The number of anilines is 1. The molecule has 2 aromatic rings. The quantitative estimate of drug-likeness (QED) is 0.461. The van der Waals surface area contributed by atoms with Gasteiger partial charge in [-0.3, -0.25) is 5.43 Å². The lowest BCUT2D eigenvalue weighted by molar-refractivity contribution is -0.137. The highest BCUT2D eigenvalue weighted by Crippen LogP contribution is 2.30. The molecule has 0 saturated carbocycles. The number of alkyl halides is 3. The fourth-order valence-electron chi connectivity index (χ4n) is 1.76. The van der Waals surface area contributed by atoms with Crippen molar-refractivity contribution in [3.63, 3.8) is 0 Å². The molecule has 0 aliphatic heterocycles. The number of hydrazone groups is 1. The number of rotatable bonds is 5. The SMILES string of the molecule is CCSc1ccc(C=NNc2cccc(C(F)(F)F)c2)cc1. The molecule has 0 aliphatic rings. The van der Waals surface area contributed by atoms with Crippen molar-refractivity contribution < 1.29 is 13.2 Å². The average Bonchev–Trinajstić information content (AvgIpc) is 2.49. The molecule has 0 unspecified atom stereocenters. The maximum atomic E-state index is 12.6.